The van der Waals surface area contributed by atoms with Crippen LogP contribution in [0.15, 0.2) is 0 Å². The lowest BCUT2D eigenvalue weighted by Gasteiger charge is -2.30. The second-order valence-corrected chi connectivity index (χ2v) is 4.01. The molecule has 0 aromatic rings. The van der Waals surface area contributed by atoms with E-state index in [1.54, 1.807) is 0 Å². The number of likely N-dealkylation sites (tertiary alicyclic amines) is 1. The maximum absolute atomic E-state index is 11.6. The maximum atomic E-state index is 11.6. The third-order valence-electron chi connectivity index (χ3n) is 2.75. The fraction of sp³-hybridized carbons (Fsp3) is 0.727. The number of carbonyl (C=O) groups excluding carboxylic acids is 2. The first kappa shape index (κ1) is 12.7. The van der Waals surface area contributed by atoms with Gasteiger partial charge in [0.1, 0.15) is 6.04 Å². The van der Waals surface area contributed by atoms with Crippen LogP contribution >= 0.6 is 0 Å². The molecule has 0 aliphatic carbocycles. The zero-order chi connectivity index (χ0) is 12.1. The lowest BCUT2D eigenvalue weighted by molar-refractivity contribution is -0.160. The number of piperidine rings is 1. The number of carboxylic acids is 1. The molecular formula is C11H17NO4. The molecule has 1 saturated heterocycles. The Morgan fingerprint density at radius 3 is 2.38 bits per heavy atom. The van der Waals surface area contributed by atoms with Crippen molar-refractivity contribution in [2.45, 2.75) is 51.5 Å². The maximum Gasteiger partial charge on any atom is 0.326 e. The highest BCUT2D eigenvalue weighted by atomic mass is 16.4. The standard InChI is InChI=1S/C11H17NO4/c1-2-3-5-8(11(15)16)12-9(13)6-4-7-10(12)14/h8H,2-7H2,1H3,(H,15,16). The van der Waals surface area contributed by atoms with Gasteiger partial charge in [-0.1, -0.05) is 19.8 Å². The largest absolute Gasteiger partial charge is 0.480 e. The van der Waals surface area contributed by atoms with Crippen molar-refractivity contribution in [2.24, 2.45) is 0 Å². The minimum Gasteiger partial charge on any atom is -0.480 e. The zero-order valence-corrected chi connectivity index (χ0v) is 9.44. The van der Waals surface area contributed by atoms with Gasteiger partial charge in [0.05, 0.1) is 0 Å². The summed E-state index contributed by atoms with van der Waals surface area (Å²) in [5, 5.41) is 9.04. The van der Waals surface area contributed by atoms with Gasteiger partial charge in [-0.25, -0.2) is 4.79 Å². The molecule has 0 aromatic carbocycles. The predicted octanol–water partition coefficient (Wildman–Crippen LogP) is 1.17. The monoisotopic (exact) mass is 227 g/mol. The summed E-state index contributed by atoms with van der Waals surface area (Å²) in [7, 11) is 0. The molecule has 0 aromatic heterocycles. The molecule has 0 radical (unpaired) electrons. The third kappa shape index (κ3) is 2.81. The summed E-state index contributed by atoms with van der Waals surface area (Å²) < 4.78 is 0. The summed E-state index contributed by atoms with van der Waals surface area (Å²) in [5.74, 6) is -1.78. The molecule has 1 N–H and O–H groups in total. The predicted molar refractivity (Wildman–Crippen MR) is 56.7 cm³/mol. The van der Waals surface area contributed by atoms with Gasteiger partial charge in [0.15, 0.2) is 0 Å². The summed E-state index contributed by atoms with van der Waals surface area (Å²) in [6.45, 7) is 1.94. The Morgan fingerprint density at radius 2 is 1.94 bits per heavy atom. The normalized spacial score (nSPS) is 18.7. The van der Waals surface area contributed by atoms with E-state index in [9.17, 15) is 14.4 Å². The number of hydrogen-bond acceptors (Lipinski definition) is 3. The molecule has 1 unspecified atom stereocenters. The number of nitrogens with zero attached hydrogens (tertiary/aromatic N) is 1. The number of rotatable bonds is 5. The Hall–Kier alpha value is -1.39. The van der Waals surface area contributed by atoms with Crippen molar-refractivity contribution in [1.82, 2.24) is 4.90 Å². The highest BCUT2D eigenvalue weighted by Gasteiger charge is 2.35. The number of hydrogen-bond donors (Lipinski definition) is 1. The second-order valence-electron chi connectivity index (χ2n) is 4.01. The van der Waals surface area contributed by atoms with Crippen molar-refractivity contribution in [2.75, 3.05) is 0 Å². The van der Waals surface area contributed by atoms with Crippen molar-refractivity contribution in [3.05, 3.63) is 0 Å². The van der Waals surface area contributed by atoms with Crippen molar-refractivity contribution in [1.29, 1.82) is 0 Å². The topological polar surface area (TPSA) is 74.7 Å². The van der Waals surface area contributed by atoms with Gasteiger partial charge in [0.25, 0.3) is 0 Å². The zero-order valence-electron chi connectivity index (χ0n) is 9.44. The molecule has 5 heteroatoms. The van der Waals surface area contributed by atoms with E-state index >= 15 is 0 Å². The van der Waals surface area contributed by atoms with Crippen LogP contribution in [0, 0.1) is 0 Å². The quantitative estimate of drug-likeness (QED) is 0.715. The highest BCUT2D eigenvalue weighted by molar-refractivity contribution is 6.01. The minimum absolute atomic E-state index is 0.279. The van der Waals surface area contributed by atoms with Crippen LogP contribution in [-0.4, -0.2) is 33.8 Å². The molecule has 1 atom stereocenters. The molecule has 1 aliphatic heterocycles. The van der Waals surface area contributed by atoms with Crippen molar-refractivity contribution in [3.8, 4) is 0 Å². The molecule has 90 valence electrons. The van der Waals surface area contributed by atoms with E-state index in [1.165, 1.54) is 0 Å². The van der Waals surface area contributed by atoms with Crippen LogP contribution in [0.1, 0.15) is 45.4 Å². The molecule has 0 saturated carbocycles. The highest BCUT2D eigenvalue weighted by Crippen LogP contribution is 2.18. The van der Waals surface area contributed by atoms with Crippen molar-refractivity contribution >= 4 is 17.8 Å². The molecular weight excluding hydrogens is 210 g/mol. The van der Waals surface area contributed by atoms with Gasteiger partial charge in [-0.2, -0.15) is 0 Å². The molecule has 0 bridgehead atoms. The molecule has 2 amide bonds. The number of carbonyl (C=O) groups is 3. The van der Waals surface area contributed by atoms with E-state index in [1.807, 2.05) is 6.92 Å². The molecule has 1 fully saturated rings. The SMILES string of the molecule is CCCCC(C(=O)O)N1C(=O)CCCC1=O. The second kappa shape index (κ2) is 5.63. The van der Waals surface area contributed by atoms with Crippen molar-refractivity contribution in [3.63, 3.8) is 0 Å². The third-order valence-corrected chi connectivity index (χ3v) is 2.75. The molecule has 0 spiro atoms. The summed E-state index contributed by atoms with van der Waals surface area (Å²) in [6, 6.07) is -0.972. The van der Waals surface area contributed by atoms with Gasteiger partial charge in [0, 0.05) is 12.8 Å². The lowest BCUT2D eigenvalue weighted by atomic mass is 10.0. The average molecular weight is 227 g/mol. The van der Waals surface area contributed by atoms with Gasteiger partial charge in [0.2, 0.25) is 11.8 Å². The van der Waals surface area contributed by atoms with Gasteiger partial charge >= 0.3 is 5.97 Å². The molecule has 5 nitrogen and oxygen atoms in total. The van der Waals surface area contributed by atoms with Crippen LogP contribution in [0.4, 0.5) is 0 Å². The van der Waals surface area contributed by atoms with Gasteiger partial charge < -0.3 is 5.11 Å². The van der Waals surface area contributed by atoms with E-state index in [4.69, 9.17) is 5.11 Å². The average Bonchev–Trinajstić information content (AvgIpc) is 2.21. The number of aliphatic carboxylic acids is 1. The summed E-state index contributed by atoms with van der Waals surface area (Å²) in [6.07, 6.45) is 2.99. The first-order valence-electron chi connectivity index (χ1n) is 5.65. The molecule has 1 aliphatic rings. The molecule has 1 heterocycles. The smallest absolute Gasteiger partial charge is 0.326 e. The van der Waals surface area contributed by atoms with Crippen LogP contribution in [-0.2, 0) is 14.4 Å². The number of unbranched alkanes of at least 4 members (excludes halogenated alkanes) is 1. The van der Waals surface area contributed by atoms with Crippen LogP contribution in [0.25, 0.3) is 0 Å². The Bertz CT molecular complexity index is 284. The van der Waals surface area contributed by atoms with E-state index in [0.29, 0.717) is 19.3 Å². The molecule has 16 heavy (non-hydrogen) atoms. The molecule has 1 rings (SSSR count). The Balaban J connectivity index is 2.78. The lowest BCUT2D eigenvalue weighted by Crippen LogP contribution is -2.50. The fourth-order valence-electron chi connectivity index (χ4n) is 1.88. The van der Waals surface area contributed by atoms with Crippen molar-refractivity contribution < 1.29 is 19.5 Å². The van der Waals surface area contributed by atoms with Crippen LogP contribution in [0.3, 0.4) is 0 Å². The van der Waals surface area contributed by atoms with Gasteiger partial charge in [-0.15, -0.1) is 0 Å². The van der Waals surface area contributed by atoms with E-state index in [0.717, 1.165) is 11.3 Å². The van der Waals surface area contributed by atoms with Crippen LogP contribution in [0.2, 0.25) is 0 Å². The van der Waals surface area contributed by atoms with Crippen LogP contribution < -0.4 is 0 Å². The number of amides is 2. The van der Waals surface area contributed by atoms with E-state index in [2.05, 4.69) is 0 Å². The summed E-state index contributed by atoms with van der Waals surface area (Å²) in [5.41, 5.74) is 0. The summed E-state index contributed by atoms with van der Waals surface area (Å²) >= 11 is 0. The summed E-state index contributed by atoms with van der Waals surface area (Å²) in [4.78, 5) is 35.1. The van der Waals surface area contributed by atoms with Gasteiger partial charge in [-0.05, 0) is 12.8 Å². The van der Waals surface area contributed by atoms with E-state index < -0.39 is 12.0 Å². The minimum atomic E-state index is -1.09. The Morgan fingerprint density at radius 1 is 1.38 bits per heavy atom. The fourth-order valence-corrected chi connectivity index (χ4v) is 1.88. The number of imide groups is 1. The first-order valence-corrected chi connectivity index (χ1v) is 5.65. The Kier molecular flexibility index (Phi) is 4.46. The number of carboxylic acid groups (broad SMARTS) is 1. The van der Waals surface area contributed by atoms with E-state index in [-0.39, 0.29) is 24.7 Å². The first-order chi connectivity index (χ1) is 7.57. The van der Waals surface area contributed by atoms with Gasteiger partial charge in [-0.3, -0.25) is 14.5 Å². The Labute approximate surface area is 94.4 Å². The van der Waals surface area contributed by atoms with Crippen LogP contribution in [0.5, 0.6) is 0 Å².